The number of carbonyl (C=O) groups excluding carboxylic acids is 2. The Labute approximate surface area is 92.4 Å². The van der Waals surface area contributed by atoms with Crippen molar-refractivity contribution in [3.05, 3.63) is 0 Å². The van der Waals surface area contributed by atoms with E-state index in [-0.39, 0.29) is 24.7 Å². The smallest absolute Gasteiger partial charge is 0.165 e. The van der Waals surface area contributed by atoms with Crippen molar-refractivity contribution in [1.82, 2.24) is 5.32 Å². The topological polar surface area (TPSA) is 72.2 Å². The first-order chi connectivity index (χ1) is 6.61. The van der Waals surface area contributed by atoms with Crippen molar-refractivity contribution < 1.29 is 9.59 Å². The highest BCUT2D eigenvalue weighted by Gasteiger charge is 2.28. The molecule has 0 bridgehead atoms. The van der Waals surface area contributed by atoms with Gasteiger partial charge in [0.2, 0.25) is 0 Å². The van der Waals surface area contributed by atoms with Crippen LogP contribution in [-0.4, -0.2) is 38.0 Å². The molecular weight excluding hydrogens is 191 g/mol. The van der Waals surface area contributed by atoms with Crippen LogP contribution in [-0.2, 0) is 9.59 Å². The SMILES string of the molecule is [B]C(C)(C)C(=O)CNC(C)(C)C(=O)CN. The molecule has 5 heteroatoms. The van der Waals surface area contributed by atoms with Crippen molar-refractivity contribution in [2.45, 2.75) is 38.5 Å². The van der Waals surface area contributed by atoms with Crippen LogP contribution in [0.25, 0.3) is 0 Å². The van der Waals surface area contributed by atoms with Gasteiger partial charge in [0.05, 0.1) is 26.5 Å². The van der Waals surface area contributed by atoms with Crippen molar-refractivity contribution in [1.29, 1.82) is 0 Å². The zero-order valence-electron chi connectivity index (χ0n) is 9.89. The Bertz CT molecular complexity index is 257. The Morgan fingerprint density at radius 3 is 2.00 bits per heavy atom. The van der Waals surface area contributed by atoms with E-state index in [2.05, 4.69) is 5.32 Å². The molecule has 0 fully saturated rings. The predicted molar refractivity (Wildman–Crippen MR) is 60.9 cm³/mol. The molecule has 0 saturated heterocycles. The van der Waals surface area contributed by atoms with Crippen LogP contribution in [0.4, 0.5) is 0 Å². The van der Waals surface area contributed by atoms with Gasteiger partial charge in [0.1, 0.15) is 5.78 Å². The molecule has 0 aromatic rings. The minimum atomic E-state index is -0.880. The zero-order chi connectivity index (χ0) is 12.3. The van der Waals surface area contributed by atoms with Gasteiger partial charge in [-0.05, 0) is 19.2 Å². The summed E-state index contributed by atoms with van der Waals surface area (Å²) in [7, 11) is 5.62. The molecule has 0 unspecified atom stereocenters. The lowest BCUT2D eigenvalue weighted by atomic mass is 9.69. The molecule has 0 spiro atoms. The van der Waals surface area contributed by atoms with Crippen molar-refractivity contribution >= 4 is 19.4 Å². The third kappa shape index (κ3) is 4.58. The fraction of sp³-hybridized carbons (Fsp3) is 0.800. The summed E-state index contributed by atoms with van der Waals surface area (Å²) in [4.78, 5) is 22.9. The average molecular weight is 210 g/mol. The highest BCUT2D eigenvalue weighted by atomic mass is 16.1. The monoisotopic (exact) mass is 210 g/mol. The van der Waals surface area contributed by atoms with Crippen molar-refractivity contribution in [3.63, 3.8) is 0 Å². The predicted octanol–water partition coefficient (Wildman–Crippen LogP) is -0.181. The van der Waals surface area contributed by atoms with Crippen molar-refractivity contribution in [3.8, 4) is 0 Å². The van der Waals surface area contributed by atoms with Gasteiger partial charge in [-0.25, -0.2) is 0 Å². The second kappa shape index (κ2) is 4.90. The minimum Gasteiger partial charge on any atom is -0.324 e. The zero-order valence-corrected chi connectivity index (χ0v) is 9.89. The first-order valence-corrected chi connectivity index (χ1v) is 4.92. The molecule has 3 N–H and O–H groups in total. The van der Waals surface area contributed by atoms with E-state index in [0.717, 1.165) is 0 Å². The maximum atomic E-state index is 11.5. The van der Waals surface area contributed by atoms with Gasteiger partial charge in [-0.3, -0.25) is 14.9 Å². The summed E-state index contributed by atoms with van der Waals surface area (Å²) in [5.74, 6) is -0.273. The summed E-state index contributed by atoms with van der Waals surface area (Å²) in [6.07, 6.45) is 0. The first kappa shape index (κ1) is 14.3. The highest BCUT2D eigenvalue weighted by molar-refractivity contribution is 6.28. The summed E-state index contributed by atoms with van der Waals surface area (Å²) < 4.78 is 0. The van der Waals surface area contributed by atoms with E-state index in [1.54, 1.807) is 27.7 Å². The van der Waals surface area contributed by atoms with Gasteiger partial charge >= 0.3 is 0 Å². The van der Waals surface area contributed by atoms with Gasteiger partial charge in [0.15, 0.2) is 5.78 Å². The molecule has 0 atom stereocenters. The Hall–Kier alpha value is -0.675. The summed E-state index contributed by atoms with van der Waals surface area (Å²) in [5, 5.41) is 1.98. The van der Waals surface area contributed by atoms with Crippen LogP contribution in [0.15, 0.2) is 0 Å². The molecule has 84 valence electrons. The van der Waals surface area contributed by atoms with Gasteiger partial charge in [-0.2, -0.15) is 0 Å². The molecule has 2 radical (unpaired) electrons. The maximum absolute atomic E-state index is 11.5. The van der Waals surface area contributed by atoms with E-state index < -0.39 is 10.9 Å². The van der Waals surface area contributed by atoms with E-state index in [1.165, 1.54) is 0 Å². The van der Waals surface area contributed by atoms with Crippen LogP contribution < -0.4 is 11.1 Å². The molecule has 0 aliphatic carbocycles. The Balaban J connectivity index is 4.28. The molecule has 0 aliphatic heterocycles. The number of rotatable bonds is 6. The van der Waals surface area contributed by atoms with Crippen LogP contribution in [0.3, 0.4) is 0 Å². The molecule has 0 aromatic heterocycles. The molecule has 0 amide bonds. The fourth-order valence-corrected chi connectivity index (χ4v) is 0.883. The van der Waals surface area contributed by atoms with Crippen LogP contribution in [0.1, 0.15) is 27.7 Å². The number of nitrogens with two attached hydrogens (primary N) is 1. The Kier molecular flexibility index (Phi) is 4.68. The van der Waals surface area contributed by atoms with E-state index in [4.69, 9.17) is 13.6 Å². The van der Waals surface area contributed by atoms with Gasteiger partial charge in [-0.1, -0.05) is 13.8 Å². The third-order valence-electron chi connectivity index (χ3n) is 2.29. The van der Waals surface area contributed by atoms with E-state index in [1.807, 2.05) is 0 Å². The third-order valence-corrected chi connectivity index (χ3v) is 2.29. The average Bonchev–Trinajstić information content (AvgIpc) is 2.11. The summed E-state index contributed by atoms with van der Waals surface area (Å²) in [6, 6.07) is 0. The number of hydrogen-bond donors (Lipinski definition) is 2. The quantitative estimate of drug-likeness (QED) is 0.596. The number of ketones is 2. The van der Waals surface area contributed by atoms with Gasteiger partial charge < -0.3 is 5.73 Å². The van der Waals surface area contributed by atoms with Crippen LogP contribution in [0.5, 0.6) is 0 Å². The lowest BCUT2D eigenvalue weighted by Gasteiger charge is -2.26. The van der Waals surface area contributed by atoms with Gasteiger partial charge in [0, 0.05) is 0 Å². The van der Waals surface area contributed by atoms with Crippen LogP contribution >= 0.6 is 0 Å². The van der Waals surface area contributed by atoms with Crippen LogP contribution in [0.2, 0.25) is 5.31 Å². The largest absolute Gasteiger partial charge is 0.324 e. The maximum Gasteiger partial charge on any atom is 0.165 e. The lowest BCUT2D eigenvalue weighted by Crippen LogP contribution is -2.51. The van der Waals surface area contributed by atoms with Gasteiger partial charge in [0.25, 0.3) is 0 Å². The summed E-state index contributed by atoms with van der Waals surface area (Å²) in [5.41, 5.74) is 4.47. The normalized spacial score (nSPS) is 12.6. The van der Waals surface area contributed by atoms with Crippen molar-refractivity contribution in [2.75, 3.05) is 13.1 Å². The molecule has 15 heavy (non-hydrogen) atoms. The Morgan fingerprint density at radius 2 is 1.67 bits per heavy atom. The molecule has 0 heterocycles. The standard InChI is InChI=1S/C10H19BN2O2/c1-9(2,11)8(15)6-13-10(3,4)7(14)5-12/h13H,5-6,12H2,1-4H3. The minimum absolute atomic E-state index is 0.0415. The molecule has 0 saturated carbocycles. The summed E-state index contributed by atoms with van der Waals surface area (Å²) in [6.45, 7) is 6.68. The molecular formula is C10H19BN2O2. The van der Waals surface area contributed by atoms with E-state index in [9.17, 15) is 9.59 Å². The number of Topliss-reactive ketones (excluding diaryl/α,β-unsaturated/α-hetero) is 2. The molecule has 0 rings (SSSR count). The van der Waals surface area contributed by atoms with E-state index >= 15 is 0 Å². The van der Waals surface area contributed by atoms with Crippen LogP contribution in [0, 0.1) is 0 Å². The molecule has 4 nitrogen and oxygen atoms in total. The Morgan fingerprint density at radius 1 is 1.20 bits per heavy atom. The lowest BCUT2D eigenvalue weighted by molar-refractivity contribution is -0.124. The first-order valence-electron chi connectivity index (χ1n) is 4.92. The molecule has 0 aliphatic rings. The van der Waals surface area contributed by atoms with Gasteiger partial charge in [-0.15, -0.1) is 0 Å². The highest BCUT2D eigenvalue weighted by Crippen LogP contribution is 2.19. The fourth-order valence-electron chi connectivity index (χ4n) is 0.883. The number of hydrogen-bond acceptors (Lipinski definition) is 4. The second-order valence-corrected chi connectivity index (χ2v) is 4.75. The van der Waals surface area contributed by atoms with Crippen molar-refractivity contribution in [2.24, 2.45) is 5.73 Å². The van der Waals surface area contributed by atoms with E-state index in [0.29, 0.717) is 0 Å². The number of nitrogens with one attached hydrogen (secondary N) is 1. The molecule has 0 aromatic carbocycles. The number of carbonyl (C=O) groups is 2. The summed E-state index contributed by atoms with van der Waals surface area (Å²) >= 11 is 0. The second-order valence-electron chi connectivity index (χ2n) is 4.75.